The molecular formula is C11H15ClN2. The van der Waals surface area contributed by atoms with Crippen LogP contribution in [0.4, 0.5) is 17.1 Å². The smallest absolute Gasteiger partial charge is 0.0880 e. The first-order valence-electron chi connectivity index (χ1n) is 5.04. The molecule has 0 saturated carbocycles. The summed E-state index contributed by atoms with van der Waals surface area (Å²) in [6.07, 6.45) is 0. The van der Waals surface area contributed by atoms with Gasteiger partial charge in [0.2, 0.25) is 0 Å². The first kappa shape index (κ1) is 9.66. The molecule has 0 radical (unpaired) electrons. The summed E-state index contributed by atoms with van der Waals surface area (Å²) >= 11 is 6.24. The summed E-state index contributed by atoms with van der Waals surface area (Å²) in [6, 6.07) is 2.04. The molecule has 1 aromatic carbocycles. The fourth-order valence-corrected chi connectivity index (χ4v) is 2.24. The van der Waals surface area contributed by atoms with Crippen molar-refractivity contribution in [2.24, 2.45) is 0 Å². The molecule has 14 heavy (non-hydrogen) atoms. The number of anilines is 3. The van der Waals surface area contributed by atoms with Crippen molar-refractivity contribution in [1.82, 2.24) is 0 Å². The van der Waals surface area contributed by atoms with E-state index >= 15 is 0 Å². The second-order valence-electron chi connectivity index (χ2n) is 3.57. The second kappa shape index (κ2) is 3.35. The Morgan fingerprint density at radius 3 is 2.50 bits per heavy atom. The minimum Gasteiger partial charge on any atom is -0.369 e. The summed E-state index contributed by atoms with van der Waals surface area (Å²) in [5.74, 6) is 0. The van der Waals surface area contributed by atoms with Crippen LogP contribution in [0.25, 0.3) is 0 Å². The molecule has 1 aliphatic rings. The first-order chi connectivity index (χ1) is 6.69. The molecule has 1 heterocycles. The molecule has 2 rings (SSSR count). The number of rotatable bonds is 3. The lowest BCUT2D eigenvalue weighted by Gasteiger charge is -2.21. The molecule has 0 unspecified atom stereocenters. The van der Waals surface area contributed by atoms with Gasteiger partial charge in [-0.25, -0.2) is 0 Å². The molecular weight excluding hydrogens is 196 g/mol. The first-order valence-corrected chi connectivity index (χ1v) is 5.41. The van der Waals surface area contributed by atoms with Gasteiger partial charge in [0, 0.05) is 13.1 Å². The third-order valence-electron chi connectivity index (χ3n) is 2.72. The zero-order valence-corrected chi connectivity index (χ0v) is 9.57. The van der Waals surface area contributed by atoms with Crippen LogP contribution in [0.1, 0.15) is 19.4 Å². The maximum absolute atomic E-state index is 6.24. The molecule has 1 N–H and O–H groups in total. The Morgan fingerprint density at radius 2 is 1.93 bits per heavy atom. The van der Waals surface area contributed by atoms with Crippen molar-refractivity contribution in [1.29, 1.82) is 0 Å². The van der Waals surface area contributed by atoms with Crippen molar-refractivity contribution in [3.8, 4) is 0 Å². The van der Waals surface area contributed by atoms with E-state index in [9.17, 15) is 0 Å². The maximum Gasteiger partial charge on any atom is 0.0880 e. The molecule has 2 nitrogen and oxygen atoms in total. The lowest BCUT2D eigenvalue weighted by molar-refractivity contribution is 0.870. The summed E-state index contributed by atoms with van der Waals surface area (Å²) in [4.78, 5) is 2.28. The normalized spacial score (nSPS) is 12.0. The number of fused-ring (bicyclic) bond motifs is 1. The van der Waals surface area contributed by atoms with Gasteiger partial charge in [-0.15, -0.1) is 0 Å². The van der Waals surface area contributed by atoms with E-state index in [1.165, 1.54) is 16.9 Å². The van der Waals surface area contributed by atoms with E-state index < -0.39 is 0 Å². The van der Waals surface area contributed by atoms with E-state index in [1.807, 2.05) is 6.07 Å². The summed E-state index contributed by atoms with van der Waals surface area (Å²) in [5, 5.41) is 4.15. The van der Waals surface area contributed by atoms with Crippen LogP contribution in [0.3, 0.4) is 0 Å². The Bertz CT molecular complexity index is 366. The third-order valence-corrected chi connectivity index (χ3v) is 3.01. The monoisotopic (exact) mass is 210 g/mol. The van der Waals surface area contributed by atoms with Crippen LogP contribution < -0.4 is 10.2 Å². The van der Waals surface area contributed by atoms with Crippen LogP contribution in [0.15, 0.2) is 6.07 Å². The van der Waals surface area contributed by atoms with Crippen molar-refractivity contribution in [3.63, 3.8) is 0 Å². The van der Waals surface area contributed by atoms with Gasteiger partial charge >= 0.3 is 0 Å². The van der Waals surface area contributed by atoms with Gasteiger partial charge in [-0.1, -0.05) is 11.6 Å². The molecule has 1 aliphatic heterocycles. The molecule has 0 amide bonds. The Labute approximate surface area is 89.9 Å². The number of aryl methyl sites for hydroxylation is 1. The van der Waals surface area contributed by atoms with E-state index in [4.69, 9.17) is 11.6 Å². The van der Waals surface area contributed by atoms with Crippen LogP contribution in [-0.2, 0) is 0 Å². The van der Waals surface area contributed by atoms with E-state index in [0.717, 1.165) is 23.8 Å². The number of hydrogen-bond donors (Lipinski definition) is 1. The highest BCUT2D eigenvalue weighted by molar-refractivity contribution is 6.35. The minimum absolute atomic E-state index is 0.856. The molecule has 0 saturated heterocycles. The van der Waals surface area contributed by atoms with Crippen molar-refractivity contribution >= 4 is 28.7 Å². The van der Waals surface area contributed by atoms with Gasteiger partial charge < -0.3 is 10.2 Å². The highest BCUT2D eigenvalue weighted by atomic mass is 35.5. The molecule has 0 atom stereocenters. The van der Waals surface area contributed by atoms with Gasteiger partial charge in [-0.05, 0) is 32.4 Å². The average Bonchev–Trinajstić information content (AvgIpc) is 2.91. The van der Waals surface area contributed by atoms with Gasteiger partial charge in [-0.3, -0.25) is 0 Å². The predicted molar refractivity (Wildman–Crippen MR) is 63.0 cm³/mol. The predicted octanol–water partition coefficient (Wildman–Crippen LogP) is 3.55. The number of halogens is 1. The molecule has 0 aliphatic carbocycles. The van der Waals surface area contributed by atoms with Crippen LogP contribution in [0.2, 0.25) is 5.02 Å². The summed E-state index contributed by atoms with van der Waals surface area (Å²) in [5.41, 5.74) is 4.88. The lowest BCUT2D eigenvalue weighted by atomic mass is 10.2. The van der Waals surface area contributed by atoms with Crippen molar-refractivity contribution in [2.75, 3.05) is 23.3 Å². The van der Waals surface area contributed by atoms with Crippen LogP contribution in [-0.4, -0.2) is 13.1 Å². The second-order valence-corrected chi connectivity index (χ2v) is 3.98. The molecule has 0 spiro atoms. The zero-order valence-electron chi connectivity index (χ0n) is 8.82. The largest absolute Gasteiger partial charge is 0.369 e. The Balaban J connectivity index is 2.45. The SMILES string of the molecule is CCN(CC)c1c(Cl)cc(C)c2c1N2. The Morgan fingerprint density at radius 1 is 1.29 bits per heavy atom. The molecule has 3 heteroatoms. The fraction of sp³-hybridized carbons (Fsp3) is 0.455. The molecule has 76 valence electrons. The summed E-state index contributed by atoms with van der Waals surface area (Å²) in [6.45, 7) is 8.36. The number of benzene rings is 1. The average molecular weight is 211 g/mol. The van der Waals surface area contributed by atoms with E-state index in [-0.39, 0.29) is 0 Å². The maximum atomic E-state index is 6.24. The van der Waals surface area contributed by atoms with Crippen molar-refractivity contribution in [2.45, 2.75) is 20.8 Å². The highest BCUT2D eigenvalue weighted by Crippen LogP contribution is 2.52. The summed E-state index contributed by atoms with van der Waals surface area (Å²) in [7, 11) is 0. The van der Waals surface area contributed by atoms with Gasteiger partial charge in [0.25, 0.3) is 0 Å². The Kier molecular flexibility index (Phi) is 2.31. The van der Waals surface area contributed by atoms with Crippen LogP contribution in [0, 0.1) is 6.92 Å². The van der Waals surface area contributed by atoms with Gasteiger partial charge in [0.1, 0.15) is 0 Å². The fourth-order valence-electron chi connectivity index (χ4n) is 1.87. The molecule has 0 bridgehead atoms. The highest BCUT2D eigenvalue weighted by Gasteiger charge is 2.27. The van der Waals surface area contributed by atoms with Gasteiger partial charge in [-0.2, -0.15) is 0 Å². The standard InChI is InChI=1S/C11H15ClN2/c1-4-14(5-2)11-8(12)6-7(3)9-10(11)13-9/h6,13H,4-5H2,1-3H3. The minimum atomic E-state index is 0.856. The number of nitrogens with zero attached hydrogens (tertiary/aromatic N) is 1. The van der Waals surface area contributed by atoms with Gasteiger partial charge in [0.15, 0.2) is 0 Å². The quantitative estimate of drug-likeness (QED) is 0.784. The van der Waals surface area contributed by atoms with E-state index in [1.54, 1.807) is 0 Å². The van der Waals surface area contributed by atoms with E-state index in [2.05, 4.69) is 31.0 Å². The number of nitrogens with one attached hydrogen (secondary N) is 1. The lowest BCUT2D eigenvalue weighted by Crippen LogP contribution is -2.21. The molecule has 0 aromatic heterocycles. The van der Waals surface area contributed by atoms with Crippen molar-refractivity contribution in [3.05, 3.63) is 16.7 Å². The summed E-state index contributed by atoms with van der Waals surface area (Å²) < 4.78 is 0. The van der Waals surface area contributed by atoms with Gasteiger partial charge in [0.05, 0.1) is 22.1 Å². The molecule has 0 fully saturated rings. The van der Waals surface area contributed by atoms with Crippen LogP contribution >= 0.6 is 11.6 Å². The Hall–Kier alpha value is -0.890. The van der Waals surface area contributed by atoms with Crippen molar-refractivity contribution < 1.29 is 0 Å². The number of hydrogen-bond acceptors (Lipinski definition) is 2. The third kappa shape index (κ3) is 1.34. The van der Waals surface area contributed by atoms with Crippen LogP contribution in [0.5, 0.6) is 0 Å². The van der Waals surface area contributed by atoms with E-state index in [0.29, 0.717) is 0 Å². The molecule has 1 aromatic rings. The topological polar surface area (TPSA) is 25.2 Å². The zero-order chi connectivity index (χ0) is 10.3.